The maximum absolute atomic E-state index is 12.5. The van der Waals surface area contributed by atoms with Crippen LogP contribution in [0.25, 0.3) is 0 Å². The lowest BCUT2D eigenvalue weighted by atomic mass is 10.1. The van der Waals surface area contributed by atoms with E-state index in [2.05, 4.69) is 29.5 Å². The zero-order valence-corrected chi connectivity index (χ0v) is 15.2. The second-order valence-electron chi connectivity index (χ2n) is 6.62. The van der Waals surface area contributed by atoms with Crippen LogP contribution in [0.2, 0.25) is 0 Å². The van der Waals surface area contributed by atoms with Crippen LogP contribution in [0.5, 0.6) is 0 Å². The van der Waals surface area contributed by atoms with Crippen LogP contribution in [0.1, 0.15) is 52.1 Å². The van der Waals surface area contributed by atoms with Gasteiger partial charge in [0.1, 0.15) is 0 Å². The quantitative estimate of drug-likeness (QED) is 0.842. The number of carbonyl (C=O) groups excluding carboxylic acids is 2. The Hall–Kier alpha value is -2.69. The van der Waals surface area contributed by atoms with E-state index >= 15 is 0 Å². The summed E-state index contributed by atoms with van der Waals surface area (Å²) in [5, 5.41) is 5.76. The summed E-state index contributed by atoms with van der Waals surface area (Å²) in [6, 6.07) is 7.41. The Balaban J connectivity index is 2.10. The normalized spacial score (nSPS) is 10.6. The first-order valence-corrected chi connectivity index (χ1v) is 8.49. The molecule has 1 aromatic carbocycles. The van der Waals surface area contributed by atoms with Gasteiger partial charge < -0.3 is 10.6 Å². The van der Waals surface area contributed by atoms with Gasteiger partial charge in [-0.2, -0.15) is 0 Å². The predicted molar refractivity (Wildman–Crippen MR) is 99.9 cm³/mol. The van der Waals surface area contributed by atoms with Crippen molar-refractivity contribution >= 4 is 17.5 Å². The van der Waals surface area contributed by atoms with E-state index in [1.807, 2.05) is 32.0 Å². The van der Waals surface area contributed by atoms with Gasteiger partial charge in [-0.25, -0.2) is 0 Å². The Bertz CT molecular complexity index is 749. The van der Waals surface area contributed by atoms with E-state index in [0.29, 0.717) is 23.6 Å². The SMILES string of the molecule is Cc1cccc(C)c1NC(=O)c1cncc(C(=O)NCCC(C)C)c1. The third-order valence-electron chi connectivity index (χ3n) is 3.99. The molecule has 0 bridgehead atoms. The van der Waals surface area contributed by atoms with Crippen molar-refractivity contribution in [1.82, 2.24) is 10.3 Å². The number of carbonyl (C=O) groups is 2. The molecule has 0 spiro atoms. The molecule has 5 heteroatoms. The standard InChI is InChI=1S/C20H25N3O2/c1-13(2)8-9-22-19(24)16-10-17(12-21-11-16)20(25)23-18-14(3)6-5-7-15(18)4/h5-7,10-13H,8-9H2,1-4H3,(H,22,24)(H,23,25). The molecule has 0 radical (unpaired) electrons. The molecule has 2 rings (SSSR count). The predicted octanol–water partition coefficient (Wildman–Crippen LogP) is 3.73. The monoisotopic (exact) mass is 339 g/mol. The average Bonchev–Trinajstić information content (AvgIpc) is 2.58. The summed E-state index contributed by atoms with van der Waals surface area (Å²) in [6.07, 6.45) is 3.85. The maximum Gasteiger partial charge on any atom is 0.257 e. The number of pyridine rings is 1. The largest absolute Gasteiger partial charge is 0.352 e. The van der Waals surface area contributed by atoms with Gasteiger partial charge in [-0.05, 0) is 43.4 Å². The van der Waals surface area contributed by atoms with Crippen LogP contribution < -0.4 is 10.6 Å². The first-order chi connectivity index (χ1) is 11.9. The van der Waals surface area contributed by atoms with Crippen LogP contribution in [-0.4, -0.2) is 23.3 Å². The smallest absolute Gasteiger partial charge is 0.257 e. The summed E-state index contributed by atoms with van der Waals surface area (Å²) in [6.45, 7) is 8.70. The van der Waals surface area contributed by atoms with Crippen molar-refractivity contribution in [2.45, 2.75) is 34.1 Å². The Morgan fingerprint density at radius 3 is 2.24 bits per heavy atom. The first-order valence-electron chi connectivity index (χ1n) is 8.49. The van der Waals surface area contributed by atoms with Gasteiger partial charge in [0.15, 0.2) is 0 Å². The molecule has 25 heavy (non-hydrogen) atoms. The summed E-state index contributed by atoms with van der Waals surface area (Å²) in [5.74, 6) is 0.0319. The lowest BCUT2D eigenvalue weighted by molar-refractivity contribution is 0.0951. The topological polar surface area (TPSA) is 71.1 Å². The van der Waals surface area contributed by atoms with Crippen LogP contribution in [0.15, 0.2) is 36.7 Å². The number of nitrogens with one attached hydrogen (secondary N) is 2. The third kappa shape index (κ3) is 5.14. The van der Waals surface area contributed by atoms with Gasteiger partial charge in [0.2, 0.25) is 0 Å². The second kappa shape index (κ2) is 8.42. The Kier molecular flexibility index (Phi) is 6.28. The Morgan fingerprint density at radius 2 is 1.64 bits per heavy atom. The minimum Gasteiger partial charge on any atom is -0.352 e. The highest BCUT2D eigenvalue weighted by molar-refractivity contribution is 6.06. The van der Waals surface area contributed by atoms with Gasteiger partial charge in [0.25, 0.3) is 11.8 Å². The molecule has 2 N–H and O–H groups in total. The number of nitrogens with zero attached hydrogens (tertiary/aromatic N) is 1. The fourth-order valence-corrected chi connectivity index (χ4v) is 2.46. The van der Waals surface area contributed by atoms with Crippen LogP contribution in [0, 0.1) is 19.8 Å². The number of rotatable bonds is 6. The number of hydrogen-bond acceptors (Lipinski definition) is 3. The fraction of sp³-hybridized carbons (Fsp3) is 0.350. The lowest BCUT2D eigenvalue weighted by Crippen LogP contribution is -2.26. The van der Waals surface area contributed by atoms with Crippen LogP contribution in [0.3, 0.4) is 0 Å². The number of anilines is 1. The number of para-hydroxylation sites is 1. The third-order valence-corrected chi connectivity index (χ3v) is 3.99. The molecule has 0 saturated heterocycles. The Morgan fingerprint density at radius 1 is 1.04 bits per heavy atom. The van der Waals surface area contributed by atoms with Crippen molar-refractivity contribution in [3.8, 4) is 0 Å². The molecule has 0 aliphatic heterocycles. The van der Waals surface area contributed by atoms with Crippen LogP contribution in [-0.2, 0) is 0 Å². The van der Waals surface area contributed by atoms with E-state index < -0.39 is 0 Å². The molecule has 0 atom stereocenters. The van der Waals surface area contributed by atoms with E-state index in [1.54, 1.807) is 6.07 Å². The molecule has 5 nitrogen and oxygen atoms in total. The van der Waals surface area contributed by atoms with Gasteiger partial charge in [0.05, 0.1) is 11.1 Å². The van der Waals surface area contributed by atoms with E-state index in [-0.39, 0.29) is 11.8 Å². The van der Waals surface area contributed by atoms with Crippen molar-refractivity contribution in [3.63, 3.8) is 0 Å². The summed E-state index contributed by atoms with van der Waals surface area (Å²) in [4.78, 5) is 28.7. The lowest BCUT2D eigenvalue weighted by Gasteiger charge is -2.12. The second-order valence-corrected chi connectivity index (χ2v) is 6.62. The molecule has 1 aromatic heterocycles. The highest BCUT2D eigenvalue weighted by atomic mass is 16.2. The first kappa shape index (κ1) is 18.6. The Labute approximate surface area is 148 Å². The molecular weight excluding hydrogens is 314 g/mol. The van der Waals surface area contributed by atoms with Gasteiger partial charge in [-0.15, -0.1) is 0 Å². The van der Waals surface area contributed by atoms with Gasteiger partial charge in [0, 0.05) is 24.6 Å². The summed E-state index contributed by atoms with van der Waals surface area (Å²) < 4.78 is 0. The van der Waals surface area contributed by atoms with Crippen molar-refractivity contribution in [2.24, 2.45) is 5.92 Å². The molecule has 0 aliphatic carbocycles. The number of benzene rings is 1. The van der Waals surface area contributed by atoms with Crippen molar-refractivity contribution < 1.29 is 9.59 Å². The van der Waals surface area contributed by atoms with Crippen molar-refractivity contribution in [3.05, 3.63) is 58.9 Å². The van der Waals surface area contributed by atoms with E-state index in [4.69, 9.17) is 0 Å². The number of hydrogen-bond donors (Lipinski definition) is 2. The van der Waals surface area contributed by atoms with Crippen LogP contribution in [0.4, 0.5) is 5.69 Å². The number of amides is 2. The zero-order chi connectivity index (χ0) is 18.4. The minimum absolute atomic E-state index is 0.213. The van der Waals surface area contributed by atoms with E-state index in [9.17, 15) is 9.59 Å². The van der Waals surface area contributed by atoms with Crippen LogP contribution >= 0.6 is 0 Å². The maximum atomic E-state index is 12.5. The highest BCUT2D eigenvalue weighted by Gasteiger charge is 2.13. The number of aryl methyl sites for hydroxylation is 2. The average molecular weight is 339 g/mol. The molecule has 0 unspecified atom stereocenters. The molecule has 0 saturated carbocycles. The molecular formula is C20H25N3O2. The zero-order valence-electron chi connectivity index (χ0n) is 15.2. The molecule has 0 aliphatic rings. The minimum atomic E-state index is -0.276. The van der Waals surface area contributed by atoms with Gasteiger partial charge in [-0.3, -0.25) is 14.6 Å². The van der Waals surface area contributed by atoms with Gasteiger partial charge >= 0.3 is 0 Å². The highest BCUT2D eigenvalue weighted by Crippen LogP contribution is 2.20. The summed E-state index contributed by atoms with van der Waals surface area (Å²) in [7, 11) is 0. The summed E-state index contributed by atoms with van der Waals surface area (Å²) in [5.41, 5.74) is 3.52. The van der Waals surface area contributed by atoms with Crippen molar-refractivity contribution in [2.75, 3.05) is 11.9 Å². The number of aromatic nitrogens is 1. The van der Waals surface area contributed by atoms with E-state index in [1.165, 1.54) is 12.4 Å². The summed E-state index contributed by atoms with van der Waals surface area (Å²) >= 11 is 0. The van der Waals surface area contributed by atoms with E-state index in [0.717, 1.165) is 23.2 Å². The molecule has 2 aromatic rings. The fourth-order valence-electron chi connectivity index (χ4n) is 2.46. The van der Waals surface area contributed by atoms with Gasteiger partial charge in [-0.1, -0.05) is 32.0 Å². The van der Waals surface area contributed by atoms with Crippen molar-refractivity contribution in [1.29, 1.82) is 0 Å². The molecule has 0 fully saturated rings. The molecule has 2 amide bonds. The molecule has 1 heterocycles. The molecule has 132 valence electrons.